The highest BCUT2D eigenvalue weighted by molar-refractivity contribution is 7.85. The van der Waals surface area contributed by atoms with E-state index in [4.69, 9.17) is 0 Å². The van der Waals surface area contributed by atoms with E-state index in [0.29, 0.717) is 10.6 Å². The number of rotatable bonds is 6. The second-order valence-corrected chi connectivity index (χ2v) is 7.34. The molecular weight excluding hydrogens is 261 g/mol. The lowest BCUT2D eigenvalue weighted by Gasteiger charge is -2.31. The van der Waals surface area contributed by atoms with Crippen molar-refractivity contribution in [2.24, 2.45) is 5.41 Å². The first-order valence-corrected chi connectivity index (χ1v) is 8.04. The third-order valence-electron chi connectivity index (χ3n) is 3.06. The third kappa shape index (κ3) is 5.41. The van der Waals surface area contributed by atoms with E-state index in [1.165, 1.54) is 12.1 Å². The van der Waals surface area contributed by atoms with Crippen molar-refractivity contribution in [2.75, 3.05) is 12.3 Å². The van der Waals surface area contributed by atoms with Crippen LogP contribution in [0.1, 0.15) is 34.1 Å². The molecule has 2 atom stereocenters. The highest BCUT2D eigenvalue weighted by Gasteiger charge is 2.26. The van der Waals surface area contributed by atoms with Gasteiger partial charge in [0.15, 0.2) is 0 Å². The van der Waals surface area contributed by atoms with Crippen molar-refractivity contribution in [3.63, 3.8) is 0 Å². The van der Waals surface area contributed by atoms with Crippen molar-refractivity contribution in [1.29, 1.82) is 0 Å². The Morgan fingerprint density at radius 1 is 1.37 bits per heavy atom. The monoisotopic (exact) mass is 285 g/mol. The predicted octanol–water partition coefficient (Wildman–Crippen LogP) is 3.35. The smallest absolute Gasteiger partial charge is 0.124 e. The topological polar surface area (TPSA) is 29.1 Å². The standard InChI is InChI=1S/C15H24FNOS/c1-5-9-17-14(15(2,3)4)11-19(18)13-8-6-7-12(16)10-13/h6-8,10,14,17H,5,9,11H2,1-4H3. The van der Waals surface area contributed by atoms with E-state index in [-0.39, 0.29) is 17.3 Å². The van der Waals surface area contributed by atoms with Gasteiger partial charge < -0.3 is 5.32 Å². The Hall–Kier alpha value is -0.740. The van der Waals surface area contributed by atoms with Gasteiger partial charge in [-0.05, 0) is 36.6 Å². The normalized spacial score (nSPS) is 15.2. The molecule has 0 radical (unpaired) electrons. The Morgan fingerprint density at radius 2 is 2.05 bits per heavy atom. The van der Waals surface area contributed by atoms with Crippen molar-refractivity contribution in [3.05, 3.63) is 30.1 Å². The van der Waals surface area contributed by atoms with Crippen LogP contribution in [-0.2, 0) is 10.8 Å². The largest absolute Gasteiger partial charge is 0.313 e. The number of hydrogen-bond donors (Lipinski definition) is 1. The maximum atomic E-state index is 13.2. The zero-order valence-corrected chi connectivity index (χ0v) is 13.0. The summed E-state index contributed by atoms with van der Waals surface area (Å²) in [6.45, 7) is 9.40. The second kappa shape index (κ2) is 7.15. The lowest BCUT2D eigenvalue weighted by molar-refractivity contribution is 0.290. The summed E-state index contributed by atoms with van der Waals surface area (Å²) in [6.07, 6.45) is 1.04. The summed E-state index contributed by atoms with van der Waals surface area (Å²) in [5, 5.41) is 3.44. The van der Waals surface area contributed by atoms with Gasteiger partial charge in [-0.1, -0.05) is 33.8 Å². The van der Waals surface area contributed by atoms with Gasteiger partial charge in [0, 0.05) is 16.7 Å². The van der Waals surface area contributed by atoms with E-state index in [1.54, 1.807) is 12.1 Å². The molecule has 1 aromatic carbocycles. The average molecular weight is 285 g/mol. The lowest BCUT2D eigenvalue weighted by atomic mass is 9.88. The third-order valence-corrected chi connectivity index (χ3v) is 4.48. The van der Waals surface area contributed by atoms with Gasteiger partial charge in [0.25, 0.3) is 0 Å². The second-order valence-electron chi connectivity index (χ2n) is 5.84. The van der Waals surface area contributed by atoms with Crippen LogP contribution in [0.5, 0.6) is 0 Å². The molecule has 108 valence electrons. The van der Waals surface area contributed by atoms with Crippen LogP contribution < -0.4 is 5.32 Å². The Morgan fingerprint density at radius 3 is 2.58 bits per heavy atom. The van der Waals surface area contributed by atoms with Gasteiger partial charge in [-0.15, -0.1) is 0 Å². The fraction of sp³-hybridized carbons (Fsp3) is 0.600. The molecule has 2 unspecified atom stereocenters. The summed E-state index contributed by atoms with van der Waals surface area (Å²) in [4.78, 5) is 0.563. The van der Waals surface area contributed by atoms with Crippen LogP contribution in [0.15, 0.2) is 29.2 Å². The summed E-state index contributed by atoms with van der Waals surface area (Å²) in [7, 11) is -1.18. The zero-order valence-electron chi connectivity index (χ0n) is 12.2. The van der Waals surface area contributed by atoms with Crippen molar-refractivity contribution < 1.29 is 8.60 Å². The molecule has 0 aliphatic rings. The van der Waals surface area contributed by atoms with Gasteiger partial charge in [-0.25, -0.2) is 4.39 Å². The quantitative estimate of drug-likeness (QED) is 0.868. The van der Waals surface area contributed by atoms with Gasteiger partial charge in [0.2, 0.25) is 0 Å². The summed E-state index contributed by atoms with van der Waals surface area (Å²) in [6, 6.07) is 6.20. The number of halogens is 1. The van der Waals surface area contributed by atoms with E-state index < -0.39 is 10.8 Å². The maximum absolute atomic E-state index is 13.2. The SMILES string of the molecule is CCCNC(CS(=O)c1cccc(F)c1)C(C)(C)C. The average Bonchev–Trinajstić information content (AvgIpc) is 2.32. The fourth-order valence-corrected chi connectivity index (χ4v) is 3.38. The van der Waals surface area contributed by atoms with Crippen molar-refractivity contribution in [1.82, 2.24) is 5.32 Å². The van der Waals surface area contributed by atoms with E-state index in [0.717, 1.165) is 13.0 Å². The van der Waals surface area contributed by atoms with Gasteiger partial charge in [-0.2, -0.15) is 0 Å². The summed E-state index contributed by atoms with van der Waals surface area (Å²) < 4.78 is 25.5. The molecule has 0 aliphatic heterocycles. The van der Waals surface area contributed by atoms with Crippen LogP contribution in [0.3, 0.4) is 0 Å². The van der Waals surface area contributed by atoms with Crippen LogP contribution in [0, 0.1) is 11.2 Å². The molecule has 1 rings (SSSR count). The molecule has 0 heterocycles. The molecule has 0 aliphatic carbocycles. The summed E-state index contributed by atoms with van der Waals surface area (Å²) in [5.74, 6) is 0.173. The molecular formula is C15H24FNOS. The van der Waals surface area contributed by atoms with Crippen molar-refractivity contribution in [2.45, 2.75) is 45.1 Å². The first kappa shape index (κ1) is 16.3. The van der Waals surface area contributed by atoms with Crippen molar-refractivity contribution in [3.8, 4) is 0 Å². The van der Waals surface area contributed by atoms with E-state index in [2.05, 4.69) is 33.0 Å². The minimum Gasteiger partial charge on any atom is -0.313 e. The van der Waals surface area contributed by atoms with Gasteiger partial charge in [-0.3, -0.25) is 4.21 Å². The molecule has 4 heteroatoms. The van der Waals surface area contributed by atoms with Crippen LogP contribution >= 0.6 is 0 Å². The van der Waals surface area contributed by atoms with Crippen LogP contribution in [0.25, 0.3) is 0 Å². The number of nitrogens with one attached hydrogen (secondary N) is 1. The van der Waals surface area contributed by atoms with Crippen LogP contribution in [0.4, 0.5) is 4.39 Å². The highest BCUT2D eigenvalue weighted by atomic mass is 32.2. The Bertz CT molecular complexity index is 428. The minimum absolute atomic E-state index is 0.0259. The van der Waals surface area contributed by atoms with E-state index in [9.17, 15) is 8.60 Å². The number of benzene rings is 1. The van der Waals surface area contributed by atoms with Gasteiger partial charge in [0.05, 0.1) is 10.8 Å². The maximum Gasteiger partial charge on any atom is 0.124 e. The van der Waals surface area contributed by atoms with E-state index in [1.807, 2.05) is 0 Å². The fourth-order valence-electron chi connectivity index (χ4n) is 1.79. The Labute approximate surface area is 118 Å². The molecule has 1 N–H and O–H groups in total. The predicted molar refractivity (Wildman–Crippen MR) is 79.2 cm³/mol. The Balaban J connectivity index is 2.76. The molecule has 2 nitrogen and oxygen atoms in total. The van der Waals surface area contributed by atoms with Gasteiger partial charge >= 0.3 is 0 Å². The first-order valence-electron chi connectivity index (χ1n) is 6.72. The van der Waals surface area contributed by atoms with Crippen LogP contribution in [0.2, 0.25) is 0 Å². The zero-order chi connectivity index (χ0) is 14.5. The molecule has 19 heavy (non-hydrogen) atoms. The highest BCUT2D eigenvalue weighted by Crippen LogP contribution is 2.22. The van der Waals surface area contributed by atoms with Crippen LogP contribution in [-0.4, -0.2) is 22.5 Å². The summed E-state index contributed by atoms with van der Waals surface area (Å²) in [5.41, 5.74) is 0.0259. The molecule has 0 bridgehead atoms. The molecule has 0 spiro atoms. The number of hydrogen-bond acceptors (Lipinski definition) is 2. The minimum atomic E-state index is -1.18. The Kier molecular flexibility index (Phi) is 6.14. The van der Waals surface area contributed by atoms with E-state index >= 15 is 0 Å². The first-order chi connectivity index (χ1) is 8.84. The molecule has 0 aromatic heterocycles. The van der Waals surface area contributed by atoms with Crippen molar-refractivity contribution >= 4 is 10.8 Å². The van der Waals surface area contributed by atoms with Gasteiger partial charge in [0.1, 0.15) is 5.82 Å². The molecule has 0 fully saturated rings. The molecule has 1 aromatic rings. The molecule has 0 amide bonds. The molecule has 0 saturated carbocycles. The lowest BCUT2D eigenvalue weighted by Crippen LogP contribution is -2.44. The molecule has 0 saturated heterocycles. The summed E-state index contributed by atoms with van der Waals surface area (Å²) >= 11 is 0.